The largest absolute Gasteiger partial charge is 0.383 e. The molecule has 0 aromatic carbocycles. The summed E-state index contributed by atoms with van der Waals surface area (Å²) in [7, 11) is 2.30. The van der Waals surface area contributed by atoms with Crippen LogP contribution < -0.4 is 11.1 Å². The minimum absolute atomic E-state index is 0.348. The number of aryl methyl sites for hydroxylation is 1. The molecule has 2 saturated heterocycles. The van der Waals surface area contributed by atoms with Crippen molar-refractivity contribution in [1.82, 2.24) is 15.2 Å². The second kappa shape index (κ2) is 5.93. The molecular weight excluding hydrogens is 260 g/mol. The molecule has 0 radical (unpaired) electrons. The number of aromatic nitrogens is 1. The van der Waals surface area contributed by atoms with Gasteiger partial charge in [-0.05, 0) is 63.7 Å². The molecule has 2 fully saturated rings. The van der Waals surface area contributed by atoms with E-state index in [0.717, 1.165) is 18.6 Å². The minimum atomic E-state index is 0.348. The van der Waals surface area contributed by atoms with E-state index in [1.54, 1.807) is 0 Å². The summed E-state index contributed by atoms with van der Waals surface area (Å²) in [6, 6.07) is 3.95. The first-order valence-electron chi connectivity index (χ1n) is 8.28. The molecule has 2 aliphatic rings. The molecule has 21 heavy (non-hydrogen) atoms. The highest BCUT2D eigenvalue weighted by atomic mass is 15.2. The molecule has 2 aliphatic heterocycles. The monoisotopic (exact) mass is 288 g/mol. The smallest absolute Gasteiger partial charge is 0.128 e. The average Bonchev–Trinajstić information content (AvgIpc) is 2.68. The van der Waals surface area contributed by atoms with Gasteiger partial charge in [0.2, 0.25) is 0 Å². The van der Waals surface area contributed by atoms with Crippen molar-refractivity contribution in [3.8, 4) is 0 Å². The summed E-state index contributed by atoms with van der Waals surface area (Å²) in [5.41, 5.74) is 8.70. The van der Waals surface area contributed by atoms with Crippen LogP contribution in [0.15, 0.2) is 12.3 Å². The first kappa shape index (κ1) is 14.8. The van der Waals surface area contributed by atoms with Gasteiger partial charge in [0, 0.05) is 29.9 Å². The fourth-order valence-electron chi connectivity index (χ4n) is 4.45. The van der Waals surface area contributed by atoms with Gasteiger partial charge in [0.1, 0.15) is 5.82 Å². The van der Waals surface area contributed by atoms with Crippen LogP contribution >= 0.6 is 0 Å². The SMILES string of the molecule is CCNC(c1c(C)ccnc1N)C1CC2CCC(C1)N2C. The van der Waals surface area contributed by atoms with E-state index in [2.05, 4.69) is 42.2 Å². The van der Waals surface area contributed by atoms with E-state index in [4.69, 9.17) is 5.73 Å². The zero-order chi connectivity index (χ0) is 15.0. The lowest BCUT2D eigenvalue weighted by molar-refractivity contribution is 0.113. The van der Waals surface area contributed by atoms with Crippen LogP contribution in [0.2, 0.25) is 0 Å². The van der Waals surface area contributed by atoms with Gasteiger partial charge in [-0.2, -0.15) is 0 Å². The van der Waals surface area contributed by atoms with Crippen molar-refractivity contribution in [3.63, 3.8) is 0 Å². The molecule has 3 unspecified atom stereocenters. The first-order valence-corrected chi connectivity index (χ1v) is 8.28. The van der Waals surface area contributed by atoms with Gasteiger partial charge in [-0.3, -0.25) is 0 Å². The molecule has 3 N–H and O–H groups in total. The van der Waals surface area contributed by atoms with Gasteiger partial charge in [0.25, 0.3) is 0 Å². The van der Waals surface area contributed by atoms with Gasteiger partial charge < -0.3 is 16.0 Å². The number of hydrogen-bond acceptors (Lipinski definition) is 4. The molecule has 3 heterocycles. The minimum Gasteiger partial charge on any atom is -0.383 e. The fourth-order valence-corrected chi connectivity index (χ4v) is 4.45. The van der Waals surface area contributed by atoms with Crippen LogP contribution in [-0.4, -0.2) is 35.6 Å². The number of rotatable bonds is 4. The predicted octanol–water partition coefficient (Wildman–Crippen LogP) is 2.50. The number of hydrogen-bond donors (Lipinski definition) is 2. The van der Waals surface area contributed by atoms with E-state index < -0.39 is 0 Å². The summed E-state index contributed by atoms with van der Waals surface area (Å²) < 4.78 is 0. The zero-order valence-electron chi connectivity index (χ0n) is 13.5. The van der Waals surface area contributed by atoms with Crippen LogP contribution in [0, 0.1) is 12.8 Å². The molecule has 4 nitrogen and oxygen atoms in total. The number of nitrogens with two attached hydrogens (primary N) is 1. The lowest BCUT2D eigenvalue weighted by Gasteiger charge is -2.40. The maximum Gasteiger partial charge on any atom is 0.128 e. The average molecular weight is 288 g/mol. The van der Waals surface area contributed by atoms with Gasteiger partial charge in [-0.25, -0.2) is 4.98 Å². The summed E-state index contributed by atoms with van der Waals surface area (Å²) in [5, 5.41) is 3.70. The van der Waals surface area contributed by atoms with Gasteiger partial charge >= 0.3 is 0 Å². The summed E-state index contributed by atoms with van der Waals surface area (Å²) in [4.78, 5) is 6.93. The highest BCUT2D eigenvalue weighted by molar-refractivity contribution is 5.46. The Morgan fingerprint density at radius 3 is 2.62 bits per heavy atom. The standard InChI is InChI=1S/C17H28N4/c1-4-19-16(15-11(2)7-8-20-17(15)18)12-9-13-5-6-14(10-12)21(13)3/h7-8,12-14,16,19H,4-6,9-10H2,1-3H3,(H2,18,20). The maximum absolute atomic E-state index is 6.21. The lowest BCUT2D eigenvalue weighted by Crippen LogP contribution is -2.44. The fraction of sp³-hybridized carbons (Fsp3) is 0.706. The van der Waals surface area contributed by atoms with Crippen LogP contribution in [0.1, 0.15) is 49.8 Å². The Morgan fingerprint density at radius 2 is 2.05 bits per heavy atom. The predicted molar refractivity (Wildman–Crippen MR) is 87.1 cm³/mol. The van der Waals surface area contributed by atoms with Crippen LogP contribution in [-0.2, 0) is 0 Å². The Hall–Kier alpha value is -1.13. The molecule has 3 rings (SSSR count). The Balaban J connectivity index is 1.89. The van der Waals surface area contributed by atoms with E-state index in [1.807, 2.05) is 6.20 Å². The van der Waals surface area contributed by atoms with Crippen molar-refractivity contribution < 1.29 is 0 Å². The van der Waals surface area contributed by atoms with Gasteiger partial charge in [-0.15, -0.1) is 0 Å². The molecule has 116 valence electrons. The molecule has 0 aliphatic carbocycles. The molecule has 4 heteroatoms. The van der Waals surface area contributed by atoms with E-state index in [9.17, 15) is 0 Å². The van der Waals surface area contributed by atoms with Crippen LogP contribution in [0.4, 0.5) is 5.82 Å². The van der Waals surface area contributed by atoms with E-state index in [0.29, 0.717) is 17.8 Å². The first-order chi connectivity index (χ1) is 10.1. The number of nitrogens with zero attached hydrogens (tertiary/aromatic N) is 2. The maximum atomic E-state index is 6.21. The van der Waals surface area contributed by atoms with Gasteiger partial charge in [0.05, 0.1) is 0 Å². The van der Waals surface area contributed by atoms with Crippen molar-refractivity contribution >= 4 is 5.82 Å². The third-order valence-electron chi connectivity index (χ3n) is 5.58. The molecular formula is C17H28N4. The Morgan fingerprint density at radius 1 is 1.38 bits per heavy atom. The Kier molecular flexibility index (Phi) is 4.18. The second-order valence-electron chi connectivity index (χ2n) is 6.74. The van der Waals surface area contributed by atoms with Gasteiger partial charge in [0.15, 0.2) is 0 Å². The number of anilines is 1. The third-order valence-corrected chi connectivity index (χ3v) is 5.58. The number of piperidine rings is 1. The quantitative estimate of drug-likeness (QED) is 0.894. The number of nitrogen functional groups attached to an aromatic ring is 1. The summed E-state index contributed by atoms with van der Waals surface area (Å²) >= 11 is 0. The van der Waals surface area contributed by atoms with E-state index in [1.165, 1.54) is 36.8 Å². The number of nitrogens with one attached hydrogen (secondary N) is 1. The normalized spacial score (nSPS) is 30.5. The topological polar surface area (TPSA) is 54.2 Å². The molecule has 0 spiro atoms. The van der Waals surface area contributed by atoms with Crippen LogP contribution in [0.25, 0.3) is 0 Å². The van der Waals surface area contributed by atoms with Crippen molar-refractivity contribution in [2.75, 3.05) is 19.3 Å². The summed E-state index contributed by atoms with van der Waals surface area (Å²) in [6.45, 7) is 5.31. The number of fused-ring (bicyclic) bond motifs is 2. The Labute approximate surface area is 128 Å². The molecule has 3 atom stereocenters. The highest BCUT2D eigenvalue weighted by Crippen LogP contribution is 2.43. The molecule has 2 bridgehead atoms. The van der Waals surface area contributed by atoms with Crippen LogP contribution in [0.5, 0.6) is 0 Å². The second-order valence-corrected chi connectivity index (χ2v) is 6.74. The van der Waals surface area contributed by atoms with E-state index in [-0.39, 0.29) is 0 Å². The Bertz CT molecular complexity index is 467. The van der Waals surface area contributed by atoms with Gasteiger partial charge in [-0.1, -0.05) is 6.92 Å². The van der Waals surface area contributed by atoms with Crippen LogP contribution in [0.3, 0.4) is 0 Å². The number of pyridine rings is 1. The molecule has 0 saturated carbocycles. The zero-order valence-corrected chi connectivity index (χ0v) is 13.5. The lowest BCUT2D eigenvalue weighted by atomic mass is 9.81. The molecule has 0 amide bonds. The summed E-state index contributed by atoms with van der Waals surface area (Å²) in [5.74, 6) is 1.37. The van der Waals surface area contributed by atoms with Crippen molar-refractivity contribution in [2.24, 2.45) is 5.92 Å². The van der Waals surface area contributed by atoms with E-state index >= 15 is 0 Å². The third kappa shape index (κ3) is 2.67. The van der Waals surface area contributed by atoms with Crippen molar-refractivity contribution in [2.45, 2.75) is 57.7 Å². The highest BCUT2D eigenvalue weighted by Gasteiger charge is 2.41. The molecule has 1 aromatic heterocycles. The van der Waals surface area contributed by atoms with Crippen molar-refractivity contribution in [1.29, 1.82) is 0 Å². The summed E-state index contributed by atoms with van der Waals surface area (Å²) in [6.07, 6.45) is 7.09. The van der Waals surface area contributed by atoms with Crippen molar-refractivity contribution in [3.05, 3.63) is 23.4 Å². The molecule has 1 aromatic rings.